The molecule has 2 aliphatic rings. The van der Waals surface area contributed by atoms with Crippen LogP contribution in [0.1, 0.15) is 33.6 Å². The predicted octanol–water partition coefficient (Wildman–Crippen LogP) is 1.08. The summed E-state index contributed by atoms with van der Waals surface area (Å²) in [5, 5.41) is 13.1. The molecule has 2 fully saturated rings. The number of nitrogens with zero attached hydrogens (tertiary/aromatic N) is 1. The molecule has 16 heavy (non-hydrogen) atoms. The zero-order chi connectivity index (χ0) is 11.8. The van der Waals surface area contributed by atoms with Crippen LogP contribution in [-0.4, -0.2) is 47.8 Å². The van der Waals surface area contributed by atoms with Gasteiger partial charge in [-0.25, -0.2) is 0 Å². The van der Waals surface area contributed by atoms with Gasteiger partial charge in [0.1, 0.15) is 0 Å². The number of hydrogen-bond donors (Lipinski definition) is 2. The van der Waals surface area contributed by atoms with E-state index in [1.165, 1.54) is 25.9 Å². The minimum absolute atomic E-state index is 0.106. The molecular formula is C13H26N2O. The third kappa shape index (κ3) is 2.96. The van der Waals surface area contributed by atoms with Crippen LogP contribution in [0.25, 0.3) is 0 Å². The summed E-state index contributed by atoms with van der Waals surface area (Å²) < 4.78 is 0. The number of aliphatic hydroxyl groups is 1. The fourth-order valence-electron chi connectivity index (χ4n) is 2.73. The van der Waals surface area contributed by atoms with E-state index >= 15 is 0 Å². The minimum Gasteiger partial charge on any atom is -0.394 e. The molecule has 3 heteroatoms. The van der Waals surface area contributed by atoms with Crippen LogP contribution in [0, 0.1) is 11.8 Å². The van der Waals surface area contributed by atoms with Crippen LogP contribution < -0.4 is 5.32 Å². The lowest BCUT2D eigenvalue weighted by molar-refractivity contribution is 0.127. The van der Waals surface area contributed by atoms with Gasteiger partial charge in [0.2, 0.25) is 0 Å². The Labute approximate surface area is 99.2 Å². The highest BCUT2D eigenvalue weighted by Gasteiger charge is 2.36. The van der Waals surface area contributed by atoms with E-state index in [1.807, 2.05) is 0 Å². The molecule has 3 nitrogen and oxygen atoms in total. The first kappa shape index (κ1) is 12.3. The van der Waals surface area contributed by atoms with Crippen molar-refractivity contribution in [2.24, 2.45) is 11.8 Å². The highest BCUT2D eigenvalue weighted by molar-refractivity contribution is 4.95. The molecule has 1 saturated carbocycles. The van der Waals surface area contributed by atoms with Gasteiger partial charge in [-0.05, 0) is 31.6 Å². The van der Waals surface area contributed by atoms with Crippen LogP contribution in [0.2, 0.25) is 0 Å². The monoisotopic (exact) mass is 226 g/mol. The Balaban J connectivity index is 1.85. The van der Waals surface area contributed by atoms with Gasteiger partial charge < -0.3 is 15.3 Å². The minimum atomic E-state index is -0.106. The van der Waals surface area contributed by atoms with Gasteiger partial charge in [-0.3, -0.25) is 0 Å². The summed E-state index contributed by atoms with van der Waals surface area (Å²) in [6.07, 6.45) is 2.56. The molecular weight excluding hydrogens is 200 g/mol. The predicted molar refractivity (Wildman–Crippen MR) is 66.4 cm³/mol. The maximum absolute atomic E-state index is 9.56. The summed E-state index contributed by atoms with van der Waals surface area (Å²) in [6.45, 7) is 10.4. The van der Waals surface area contributed by atoms with Crippen LogP contribution in [0.4, 0.5) is 0 Å². The lowest BCUT2D eigenvalue weighted by Crippen LogP contribution is -2.54. The van der Waals surface area contributed by atoms with E-state index in [-0.39, 0.29) is 12.1 Å². The summed E-state index contributed by atoms with van der Waals surface area (Å²) in [5.74, 6) is 1.59. The van der Waals surface area contributed by atoms with E-state index in [2.05, 4.69) is 31.0 Å². The third-order valence-electron chi connectivity index (χ3n) is 4.12. The van der Waals surface area contributed by atoms with E-state index in [0.29, 0.717) is 6.04 Å². The molecule has 0 aromatic carbocycles. The van der Waals surface area contributed by atoms with E-state index in [1.54, 1.807) is 0 Å². The third-order valence-corrected chi connectivity index (χ3v) is 4.12. The Bertz CT molecular complexity index is 232. The van der Waals surface area contributed by atoms with Crippen LogP contribution in [0.3, 0.4) is 0 Å². The van der Waals surface area contributed by atoms with Crippen molar-refractivity contribution in [3.05, 3.63) is 0 Å². The SMILES string of the molecule is CC1CN(CC(C)(CO)NC2CC2)CC1C. The molecule has 0 radical (unpaired) electrons. The van der Waals surface area contributed by atoms with E-state index < -0.39 is 0 Å². The van der Waals surface area contributed by atoms with Gasteiger partial charge in [-0.15, -0.1) is 0 Å². The molecule has 0 aromatic rings. The summed E-state index contributed by atoms with van der Waals surface area (Å²) in [5.41, 5.74) is -0.106. The average molecular weight is 226 g/mol. The molecule has 0 aromatic heterocycles. The van der Waals surface area contributed by atoms with E-state index in [4.69, 9.17) is 0 Å². The highest BCUT2D eigenvalue weighted by atomic mass is 16.3. The number of likely N-dealkylation sites (tertiary alicyclic amines) is 1. The van der Waals surface area contributed by atoms with Gasteiger partial charge >= 0.3 is 0 Å². The molecule has 1 heterocycles. The molecule has 3 unspecified atom stereocenters. The van der Waals surface area contributed by atoms with Crippen molar-refractivity contribution in [1.82, 2.24) is 10.2 Å². The smallest absolute Gasteiger partial charge is 0.0623 e. The molecule has 2 N–H and O–H groups in total. The molecule has 0 amide bonds. The van der Waals surface area contributed by atoms with Gasteiger partial charge in [0.25, 0.3) is 0 Å². The first-order valence-corrected chi connectivity index (χ1v) is 6.63. The van der Waals surface area contributed by atoms with Gasteiger partial charge in [0.05, 0.1) is 12.1 Å². The van der Waals surface area contributed by atoms with Crippen LogP contribution in [-0.2, 0) is 0 Å². The quantitative estimate of drug-likeness (QED) is 0.736. The van der Waals surface area contributed by atoms with Crippen LogP contribution in [0.15, 0.2) is 0 Å². The Morgan fingerprint density at radius 3 is 2.25 bits per heavy atom. The van der Waals surface area contributed by atoms with E-state index in [0.717, 1.165) is 18.4 Å². The highest BCUT2D eigenvalue weighted by Crippen LogP contribution is 2.26. The Kier molecular flexibility index (Phi) is 3.57. The zero-order valence-corrected chi connectivity index (χ0v) is 10.9. The van der Waals surface area contributed by atoms with Crippen molar-refractivity contribution in [1.29, 1.82) is 0 Å². The van der Waals surface area contributed by atoms with Crippen molar-refractivity contribution >= 4 is 0 Å². The average Bonchev–Trinajstić information content (AvgIpc) is 2.95. The first-order chi connectivity index (χ1) is 7.52. The second kappa shape index (κ2) is 4.63. The Morgan fingerprint density at radius 2 is 1.81 bits per heavy atom. The van der Waals surface area contributed by atoms with Gasteiger partial charge in [0, 0.05) is 25.7 Å². The van der Waals surface area contributed by atoms with Crippen LogP contribution in [0.5, 0.6) is 0 Å². The summed E-state index contributed by atoms with van der Waals surface area (Å²) >= 11 is 0. The van der Waals surface area contributed by atoms with E-state index in [9.17, 15) is 5.11 Å². The van der Waals surface area contributed by atoms with Gasteiger partial charge in [0.15, 0.2) is 0 Å². The second-order valence-electron chi connectivity index (χ2n) is 6.29. The topological polar surface area (TPSA) is 35.5 Å². The molecule has 1 aliphatic carbocycles. The fourth-order valence-corrected chi connectivity index (χ4v) is 2.73. The lowest BCUT2D eigenvalue weighted by Gasteiger charge is -2.33. The first-order valence-electron chi connectivity index (χ1n) is 6.63. The molecule has 0 bridgehead atoms. The van der Waals surface area contributed by atoms with Gasteiger partial charge in [-0.2, -0.15) is 0 Å². The largest absolute Gasteiger partial charge is 0.394 e. The Morgan fingerprint density at radius 1 is 1.25 bits per heavy atom. The zero-order valence-electron chi connectivity index (χ0n) is 10.9. The summed E-state index contributed by atoms with van der Waals surface area (Å²) in [6, 6.07) is 0.662. The number of hydrogen-bond acceptors (Lipinski definition) is 3. The van der Waals surface area contributed by atoms with Crippen molar-refractivity contribution in [2.45, 2.75) is 45.2 Å². The van der Waals surface area contributed by atoms with Crippen molar-refractivity contribution in [3.63, 3.8) is 0 Å². The summed E-state index contributed by atoms with van der Waals surface area (Å²) in [7, 11) is 0. The second-order valence-corrected chi connectivity index (χ2v) is 6.29. The van der Waals surface area contributed by atoms with Crippen LogP contribution >= 0.6 is 0 Å². The number of rotatable bonds is 5. The van der Waals surface area contributed by atoms with Gasteiger partial charge in [-0.1, -0.05) is 13.8 Å². The van der Waals surface area contributed by atoms with Crippen molar-refractivity contribution in [2.75, 3.05) is 26.2 Å². The molecule has 2 rings (SSSR count). The summed E-state index contributed by atoms with van der Waals surface area (Å²) in [4.78, 5) is 2.50. The lowest BCUT2D eigenvalue weighted by atomic mass is 10.0. The maximum Gasteiger partial charge on any atom is 0.0623 e. The molecule has 3 atom stereocenters. The number of nitrogens with one attached hydrogen (secondary N) is 1. The van der Waals surface area contributed by atoms with Crippen molar-refractivity contribution < 1.29 is 5.11 Å². The number of aliphatic hydroxyl groups excluding tert-OH is 1. The standard InChI is InChI=1S/C13H26N2O/c1-10-6-15(7-11(10)2)8-13(3,9-16)14-12-4-5-12/h10-12,14,16H,4-9H2,1-3H3. The molecule has 1 aliphatic heterocycles. The molecule has 0 spiro atoms. The normalized spacial score (nSPS) is 35.2. The maximum atomic E-state index is 9.56. The van der Waals surface area contributed by atoms with Crippen molar-refractivity contribution in [3.8, 4) is 0 Å². The molecule has 94 valence electrons. The fraction of sp³-hybridized carbons (Fsp3) is 1.00. The molecule has 1 saturated heterocycles. The Hall–Kier alpha value is -0.120.